The molecule has 31 heavy (non-hydrogen) atoms. The van der Waals surface area contributed by atoms with Gasteiger partial charge in [-0.2, -0.15) is 0 Å². The molecule has 0 radical (unpaired) electrons. The zero-order valence-electron chi connectivity index (χ0n) is 20.5. The van der Waals surface area contributed by atoms with Gasteiger partial charge >= 0.3 is 5.97 Å². The molecule has 1 amide bonds. The predicted octanol–water partition coefficient (Wildman–Crippen LogP) is 5.96. The maximum absolute atomic E-state index is 12.0. The van der Waals surface area contributed by atoms with Crippen LogP contribution in [0, 0.1) is 5.41 Å². The Kier molecular flexibility index (Phi) is 18.9. The molecule has 2 N–H and O–H groups in total. The lowest BCUT2D eigenvalue weighted by Crippen LogP contribution is -2.44. The van der Waals surface area contributed by atoms with Crippen LogP contribution in [-0.2, 0) is 14.3 Å². The zero-order chi connectivity index (χ0) is 23.3. The summed E-state index contributed by atoms with van der Waals surface area (Å²) in [5.41, 5.74) is 0. The van der Waals surface area contributed by atoms with E-state index < -0.39 is 5.97 Å². The Morgan fingerprint density at radius 3 is 1.97 bits per heavy atom. The molecule has 0 spiro atoms. The number of hydrogen-bond acceptors (Lipinski definition) is 4. The Bertz CT molecular complexity index is 518. The second-order valence-corrected chi connectivity index (χ2v) is 8.63. The summed E-state index contributed by atoms with van der Waals surface area (Å²) in [7, 11) is 1.59. The van der Waals surface area contributed by atoms with Crippen LogP contribution >= 0.6 is 0 Å². The number of likely N-dealkylation sites (N-methyl/N-ethyl adjacent to an activating group) is 1. The Hall–Kier alpha value is -1.85. The summed E-state index contributed by atoms with van der Waals surface area (Å²) in [6.45, 7) is 5.76. The van der Waals surface area contributed by atoms with Crippen molar-refractivity contribution in [2.75, 3.05) is 13.6 Å². The fraction of sp³-hybridized carbons (Fsp3) is 0.800. The number of esters is 1. The first-order valence-electron chi connectivity index (χ1n) is 12.3. The lowest BCUT2D eigenvalue weighted by Gasteiger charge is -2.20. The van der Waals surface area contributed by atoms with Gasteiger partial charge in [-0.05, 0) is 46.0 Å². The Balaban J connectivity index is 3.58. The Morgan fingerprint density at radius 1 is 0.903 bits per heavy atom. The highest BCUT2D eigenvalue weighted by Gasteiger charge is 2.14. The van der Waals surface area contributed by atoms with Gasteiger partial charge in [0.05, 0.1) is 6.10 Å². The molecule has 0 rings (SSSR count). The van der Waals surface area contributed by atoms with E-state index in [9.17, 15) is 9.59 Å². The van der Waals surface area contributed by atoms with Crippen molar-refractivity contribution < 1.29 is 14.3 Å². The summed E-state index contributed by atoms with van der Waals surface area (Å²) >= 11 is 0. The number of nitrogens with one attached hydrogen (secondary N) is 2. The van der Waals surface area contributed by atoms with Crippen molar-refractivity contribution in [1.82, 2.24) is 10.2 Å². The van der Waals surface area contributed by atoms with E-state index in [4.69, 9.17) is 10.1 Å². The second-order valence-electron chi connectivity index (χ2n) is 8.63. The number of nitrogens with zero attached hydrogens (tertiary/aromatic N) is 1. The third kappa shape index (κ3) is 19.8. The van der Waals surface area contributed by atoms with Gasteiger partial charge in [0.2, 0.25) is 5.91 Å². The van der Waals surface area contributed by atoms with Gasteiger partial charge in [0, 0.05) is 13.5 Å². The van der Waals surface area contributed by atoms with E-state index in [0.29, 0.717) is 6.42 Å². The lowest BCUT2D eigenvalue weighted by atomic mass is 10.1. The van der Waals surface area contributed by atoms with E-state index in [0.717, 1.165) is 25.7 Å². The van der Waals surface area contributed by atoms with Crippen LogP contribution in [0.25, 0.3) is 0 Å². The number of carbonyl (C=O) groups is 2. The summed E-state index contributed by atoms with van der Waals surface area (Å²) in [4.78, 5) is 24.9. The van der Waals surface area contributed by atoms with Gasteiger partial charge in [-0.25, -0.2) is 0 Å². The summed E-state index contributed by atoms with van der Waals surface area (Å²) in [5, 5.41) is 10.4. The summed E-state index contributed by atoms with van der Waals surface area (Å²) < 4.78 is 5.04. The molecule has 0 aliphatic rings. The molecule has 6 nitrogen and oxygen atoms in total. The minimum atomic E-state index is -0.409. The topological polar surface area (TPSA) is 82.5 Å². The van der Waals surface area contributed by atoms with Crippen molar-refractivity contribution in [3.05, 3.63) is 12.2 Å². The summed E-state index contributed by atoms with van der Waals surface area (Å²) in [6.07, 6.45) is 20.8. The van der Waals surface area contributed by atoms with Gasteiger partial charge in [-0.1, -0.05) is 70.4 Å². The molecule has 0 heterocycles. The van der Waals surface area contributed by atoms with Crippen LogP contribution in [0.2, 0.25) is 0 Å². The maximum Gasteiger partial charge on any atom is 0.325 e. The highest BCUT2D eigenvalue weighted by molar-refractivity contribution is 5.96. The molecule has 0 saturated carbocycles. The number of allylic oxidation sites excluding steroid dienone is 2. The van der Waals surface area contributed by atoms with Gasteiger partial charge in [-0.15, -0.1) is 0 Å². The van der Waals surface area contributed by atoms with Gasteiger partial charge in [0.15, 0.2) is 5.96 Å². The number of guanidine groups is 1. The van der Waals surface area contributed by atoms with Crippen LogP contribution in [-0.4, -0.2) is 42.4 Å². The average Bonchev–Trinajstić information content (AvgIpc) is 2.70. The third-order valence-corrected chi connectivity index (χ3v) is 5.04. The SMILES string of the molecule is CCCCCCCC/C=C\CCCCCCCC(=O)NC(=N)N(C)CC(=O)OC(C)C. The number of amides is 1. The molecule has 0 saturated heterocycles. The highest BCUT2D eigenvalue weighted by Crippen LogP contribution is 2.10. The molecular formula is C25H47N3O3. The molecule has 180 valence electrons. The number of rotatable bonds is 18. The first-order valence-corrected chi connectivity index (χ1v) is 12.3. The molecule has 0 fully saturated rings. The average molecular weight is 438 g/mol. The minimum absolute atomic E-state index is 0.0509. The van der Waals surface area contributed by atoms with Gasteiger partial charge in [0.25, 0.3) is 0 Å². The van der Waals surface area contributed by atoms with Crippen LogP contribution in [0.1, 0.15) is 111 Å². The summed E-state index contributed by atoms with van der Waals surface area (Å²) in [6, 6.07) is 0. The third-order valence-electron chi connectivity index (χ3n) is 5.04. The fourth-order valence-corrected chi connectivity index (χ4v) is 3.22. The summed E-state index contributed by atoms with van der Waals surface area (Å²) in [5.74, 6) is -0.654. The van der Waals surface area contributed by atoms with Crippen LogP contribution in [0.4, 0.5) is 0 Å². The first kappa shape index (κ1) is 29.1. The quantitative estimate of drug-likeness (QED) is 0.0911. The van der Waals surface area contributed by atoms with Crippen molar-refractivity contribution in [2.45, 2.75) is 117 Å². The first-order chi connectivity index (χ1) is 14.9. The number of carbonyl (C=O) groups excluding carboxylic acids is 2. The smallest absolute Gasteiger partial charge is 0.325 e. The molecule has 0 atom stereocenters. The molecule has 0 bridgehead atoms. The standard InChI is InChI=1S/C25H47N3O3/c1-5-6-7-8-9-10-11-12-13-14-15-16-17-18-19-20-23(29)27-25(26)28(4)21-24(30)31-22(2)3/h12-13,22H,5-11,14-21H2,1-4H3,(H2,26,27,29)/b13-12-. The molecule has 0 aromatic carbocycles. The van der Waals surface area contributed by atoms with Crippen molar-refractivity contribution in [3.8, 4) is 0 Å². The molecule has 0 aliphatic carbocycles. The monoisotopic (exact) mass is 437 g/mol. The highest BCUT2D eigenvalue weighted by atomic mass is 16.5. The molecule has 0 aromatic rings. The zero-order valence-corrected chi connectivity index (χ0v) is 20.5. The van der Waals surface area contributed by atoms with Gasteiger partial charge in [-0.3, -0.25) is 20.3 Å². The Morgan fingerprint density at radius 2 is 1.42 bits per heavy atom. The van der Waals surface area contributed by atoms with Crippen LogP contribution in [0.3, 0.4) is 0 Å². The lowest BCUT2D eigenvalue weighted by molar-refractivity contribution is -0.147. The van der Waals surface area contributed by atoms with E-state index in [1.807, 2.05) is 0 Å². The van der Waals surface area contributed by atoms with E-state index in [-0.39, 0.29) is 24.5 Å². The number of ether oxygens (including phenoxy) is 1. The van der Waals surface area contributed by atoms with Crippen LogP contribution < -0.4 is 5.32 Å². The maximum atomic E-state index is 12.0. The van der Waals surface area contributed by atoms with E-state index in [1.54, 1.807) is 20.9 Å². The van der Waals surface area contributed by atoms with Crippen LogP contribution in [0.5, 0.6) is 0 Å². The van der Waals surface area contributed by atoms with Gasteiger partial charge < -0.3 is 9.64 Å². The van der Waals surface area contributed by atoms with Crippen molar-refractivity contribution in [3.63, 3.8) is 0 Å². The number of hydrogen-bond donors (Lipinski definition) is 2. The minimum Gasteiger partial charge on any atom is -0.462 e. The predicted molar refractivity (Wildman–Crippen MR) is 129 cm³/mol. The van der Waals surface area contributed by atoms with Crippen molar-refractivity contribution in [2.24, 2.45) is 0 Å². The van der Waals surface area contributed by atoms with Crippen molar-refractivity contribution in [1.29, 1.82) is 5.41 Å². The molecule has 0 aromatic heterocycles. The second kappa shape index (κ2) is 20.1. The van der Waals surface area contributed by atoms with Gasteiger partial charge in [0.1, 0.15) is 6.54 Å². The fourth-order valence-electron chi connectivity index (χ4n) is 3.22. The molecular weight excluding hydrogens is 390 g/mol. The van der Waals surface area contributed by atoms with E-state index in [1.165, 1.54) is 62.7 Å². The largest absolute Gasteiger partial charge is 0.462 e. The molecule has 0 unspecified atom stereocenters. The number of unbranched alkanes of at least 4 members (excludes halogenated alkanes) is 11. The molecule has 0 aliphatic heterocycles. The van der Waals surface area contributed by atoms with E-state index >= 15 is 0 Å². The van der Waals surface area contributed by atoms with Crippen molar-refractivity contribution >= 4 is 17.8 Å². The Labute approximate surface area is 190 Å². The van der Waals surface area contributed by atoms with Crippen LogP contribution in [0.15, 0.2) is 12.2 Å². The van der Waals surface area contributed by atoms with E-state index in [2.05, 4.69) is 24.4 Å². The molecule has 6 heteroatoms. The normalized spacial score (nSPS) is 11.1.